The lowest BCUT2D eigenvalue weighted by Crippen LogP contribution is -2.25. The van der Waals surface area contributed by atoms with Gasteiger partial charge in [0.2, 0.25) is 0 Å². The number of aliphatic hydroxyl groups excluding tert-OH is 1. The molecule has 0 unspecified atom stereocenters. The Balaban J connectivity index is 2.65. The summed E-state index contributed by atoms with van der Waals surface area (Å²) in [5.74, 6) is -0.104. The second-order valence-corrected chi connectivity index (χ2v) is 4.27. The summed E-state index contributed by atoms with van der Waals surface area (Å²) in [7, 11) is 0. The van der Waals surface area contributed by atoms with Crippen LogP contribution in [-0.2, 0) is 0 Å². The van der Waals surface area contributed by atoms with Crippen molar-refractivity contribution in [3.63, 3.8) is 0 Å². The van der Waals surface area contributed by atoms with Gasteiger partial charge in [0, 0.05) is 23.2 Å². The maximum absolute atomic E-state index is 11.6. The largest absolute Gasteiger partial charge is 0.396 e. The van der Waals surface area contributed by atoms with Gasteiger partial charge in [0.15, 0.2) is 0 Å². The summed E-state index contributed by atoms with van der Waals surface area (Å²) in [6, 6.07) is 5.56. The van der Waals surface area contributed by atoms with E-state index in [1.807, 2.05) is 19.1 Å². The molecule has 0 heterocycles. The second kappa shape index (κ2) is 5.88. The van der Waals surface area contributed by atoms with Crippen molar-refractivity contribution in [3.05, 3.63) is 33.8 Å². The average Bonchev–Trinajstić information content (AvgIpc) is 2.16. The lowest BCUT2D eigenvalue weighted by molar-refractivity contribution is 0.0951. The van der Waals surface area contributed by atoms with Gasteiger partial charge in [-0.25, -0.2) is 0 Å². The van der Waals surface area contributed by atoms with E-state index < -0.39 is 0 Å². The first kappa shape index (κ1) is 12.2. The number of benzene rings is 1. The molecule has 0 saturated heterocycles. The summed E-state index contributed by atoms with van der Waals surface area (Å²) in [5, 5.41) is 11.3. The number of hydrogen-bond acceptors (Lipinski definition) is 2. The summed E-state index contributed by atoms with van der Waals surface area (Å²) in [4.78, 5) is 11.6. The van der Waals surface area contributed by atoms with Crippen LogP contribution in [0.4, 0.5) is 0 Å². The van der Waals surface area contributed by atoms with Crippen molar-refractivity contribution in [3.8, 4) is 0 Å². The Morgan fingerprint density at radius 3 is 2.80 bits per heavy atom. The van der Waals surface area contributed by atoms with Crippen LogP contribution in [0, 0.1) is 6.92 Å². The predicted molar refractivity (Wildman–Crippen MR) is 62.9 cm³/mol. The Morgan fingerprint density at radius 1 is 1.47 bits per heavy atom. The summed E-state index contributed by atoms with van der Waals surface area (Å²) in [5.41, 5.74) is 1.68. The van der Waals surface area contributed by atoms with Crippen molar-refractivity contribution in [2.24, 2.45) is 0 Å². The standard InChI is InChI=1S/C11H14BrNO2/c1-8-5-9(7-10(12)6-8)11(15)13-3-2-4-14/h5-7,14H,2-4H2,1H3,(H,13,15). The first-order valence-electron chi connectivity index (χ1n) is 4.79. The third-order valence-electron chi connectivity index (χ3n) is 1.92. The summed E-state index contributed by atoms with van der Waals surface area (Å²) >= 11 is 3.34. The van der Waals surface area contributed by atoms with E-state index in [1.165, 1.54) is 0 Å². The summed E-state index contributed by atoms with van der Waals surface area (Å²) in [6.45, 7) is 2.54. The monoisotopic (exact) mass is 271 g/mol. The molecule has 3 nitrogen and oxygen atoms in total. The van der Waals surface area contributed by atoms with Gasteiger partial charge in [0.05, 0.1) is 0 Å². The lowest BCUT2D eigenvalue weighted by Gasteiger charge is -2.05. The van der Waals surface area contributed by atoms with E-state index in [0.717, 1.165) is 10.0 Å². The number of nitrogens with one attached hydrogen (secondary N) is 1. The van der Waals surface area contributed by atoms with Crippen molar-refractivity contribution >= 4 is 21.8 Å². The van der Waals surface area contributed by atoms with Gasteiger partial charge in [-0.2, -0.15) is 0 Å². The number of hydrogen-bond donors (Lipinski definition) is 2. The molecule has 1 amide bonds. The van der Waals surface area contributed by atoms with E-state index in [2.05, 4.69) is 21.2 Å². The topological polar surface area (TPSA) is 49.3 Å². The number of carbonyl (C=O) groups is 1. The third kappa shape index (κ3) is 4.01. The van der Waals surface area contributed by atoms with Crippen LogP contribution in [0.2, 0.25) is 0 Å². The first-order chi connectivity index (χ1) is 7.13. The molecule has 0 aliphatic carbocycles. The van der Waals surface area contributed by atoms with Crippen LogP contribution in [0.5, 0.6) is 0 Å². The number of aryl methyl sites for hydroxylation is 1. The molecule has 0 aliphatic heterocycles. The Labute approximate surface area is 97.6 Å². The van der Waals surface area contributed by atoms with Gasteiger partial charge < -0.3 is 10.4 Å². The average molecular weight is 272 g/mol. The van der Waals surface area contributed by atoms with Gasteiger partial charge in [0.25, 0.3) is 5.91 Å². The zero-order valence-corrected chi connectivity index (χ0v) is 10.2. The van der Waals surface area contributed by atoms with Crippen molar-refractivity contribution in [1.29, 1.82) is 0 Å². The fourth-order valence-electron chi connectivity index (χ4n) is 1.25. The molecule has 15 heavy (non-hydrogen) atoms. The van der Waals surface area contributed by atoms with Gasteiger partial charge >= 0.3 is 0 Å². The highest BCUT2D eigenvalue weighted by Crippen LogP contribution is 2.15. The van der Waals surface area contributed by atoms with Gasteiger partial charge in [0.1, 0.15) is 0 Å². The number of carbonyl (C=O) groups excluding carboxylic acids is 1. The van der Waals surface area contributed by atoms with E-state index in [1.54, 1.807) is 6.07 Å². The van der Waals surface area contributed by atoms with Crippen LogP contribution in [0.1, 0.15) is 22.3 Å². The van der Waals surface area contributed by atoms with E-state index in [0.29, 0.717) is 18.5 Å². The molecular formula is C11H14BrNO2. The van der Waals surface area contributed by atoms with Gasteiger partial charge in [-0.15, -0.1) is 0 Å². The molecule has 0 fully saturated rings. The van der Waals surface area contributed by atoms with Crippen LogP contribution in [0.25, 0.3) is 0 Å². The molecular weight excluding hydrogens is 258 g/mol. The van der Waals surface area contributed by atoms with Crippen LogP contribution >= 0.6 is 15.9 Å². The van der Waals surface area contributed by atoms with Gasteiger partial charge in [-0.1, -0.05) is 15.9 Å². The molecule has 1 aromatic rings. The van der Waals surface area contributed by atoms with Crippen molar-refractivity contribution in [2.75, 3.05) is 13.2 Å². The van der Waals surface area contributed by atoms with Gasteiger partial charge in [-0.3, -0.25) is 4.79 Å². The normalized spacial score (nSPS) is 10.1. The summed E-state index contributed by atoms with van der Waals surface area (Å²) < 4.78 is 0.898. The van der Waals surface area contributed by atoms with Crippen molar-refractivity contribution in [1.82, 2.24) is 5.32 Å². The third-order valence-corrected chi connectivity index (χ3v) is 2.38. The maximum atomic E-state index is 11.6. The fraction of sp³-hybridized carbons (Fsp3) is 0.364. The Bertz CT molecular complexity index is 332. The quantitative estimate of drug-likeness (QED) is 0.822. The summed E-state index contributed by atoms with van der Waals surface area (Å²) in [6.07, 6.45) is 0.582. The highest BCUT2D eigenvalue weighted by atomic mass is 79.9. The van der Waals surface area contributed by atoms with E-state index in [4.69, 9.17) is 5.11 Å². The minimum absolute atomic E-state index is 0.0950. The molecule has 0 bridgehead atoms. The first-order valence-corrected chi connectivity index (χ1v) is 5.59. The zero-order chi connectivity index (χ0) is 11.3. The van der Waals surface area contributed by atoms with Crippen LogP contribution in [0.3, 0.4) is 0 Å². The highest BCUT2D eigenvalue weighted by Gasteiger charge is 2.05. The molecule has 0 saturated carbocycles. The van der Waals surface area contributed by atoms with Crippen LogP contribution in [0.15, 0.2) is 22.7 Å². The molecule has 0 aliphatic rings. The lowest BCUT2D eigenvalue weighted by atomic mass is 10.1. The number of rotatable bonds is 4. The Hall–Kier alpha value is -0.870. The molecule has 2 N–H and O–H groups in total. The SMILES string of the molecule is Cc1cc(Br)cc(C(=O)NCCCO)c1. The molecule has 4 heteroatoms. The molecule has 0 spiro atoms. The number of halogens is 1. The molecule has 0 aromatic heterocycles. The second-order valence-electron chi connectivity index (χ2n) is 3.35. The zero-order valence-electron chi connectivity index (χ0n) is 8.59. The molecule has 82 valence electrons. The van der Waals surface area contributed by atoms with E-state index in [9.17, 15) is 4.79 Å². The smallest absolute Gasteiger partial charge is 0.251 e. The van der Waals surface area contributed by atoms with Gasteiger partial charge in [-0.05, 0) is 37.1 Å². The minimum Gasteiger partial charge on any atom is -0.396 e. The van der Waals surface area contributed by atoms with E-state index >= 15 is 0 Å². The maximum Gasteiger partial charge on any atom is 0.251 e. The van der Waals surface area contributed by atoms with E-state index in [-0.39, 0.29) is 12.5 Å². The molecule has 1 aromatic carbocycles. The minimum atomic E-state index is -0.104. The number of amides is 1. The van der Waals surface area contributed by atoms with Crippen molar-refractivity contribution in [2.45, 2.75) is 13.3 Å². The Morgan fingerprint density at radius 2 is 2.20 bits per heavy atom. The highest BCUT2D eigenvalue weighted by molar-refractivity contribution is 9.10. The van der Waals surface area contributed by atoms with Crippen molar-refractivity contribution < 1.29 is 9.90 Å². The fourth-order valence-corrected chi connectivity index (χ4v) is 1.86. The molecule has 1 rings (SSSR count). The molecule has 0 atom stereocenters. The predicted octanol–water partition coefficient (Wildman–Crippen LogP) is 1.87. The molecule has 0 radical (unpaired) electrons. The van der Waals surface area contributed by atoms with Crippen LogP contribution < -0.4 is 5.32 Å². The van der Waals surface area contributed by atoms with Crippen LogP contribution in [-0.4, -0.2) is 24.2 Å². The number of aliphatic hydroxyl groups is 1. The Kier molecular flexibility index (Phi) is 4.78.